The monoisotopic (exact) mass is 418 g/mol. The Morgan fingerprint density at radius 1 is 1.11 bits per heavy atom. The first-order valence-corrected chi connectivity index (χ1v) is 10.4. The predicted molar refractivity (Wildman–Crippen MR) is 93.8 cm³/mol. The van der Waals surface area contributed by atoms with Crippen LogP contribution < -0.4 is 0 Å². The zero-order valence-electron chi connectivity index (χ0n) is 15.3. The molecule has 7 nitrogen and oxygen atoms in total. The molecule has 28 heavy (non-hydrogen) atoms. The molecule has 1 aliphatic heterocycles. The van der Waals surface area contributed by atoms with Gasteiger partial charge in [0.15, 0.2) is 5.82 Å². The highest BCUT2D eigenvalue weighted by Gasteiger charge is 2.32. The van der Waals surface area contributed by atoms with Gasteiger partial charge in [0.05, 0.1) is 17.0 Å². The lowest BCUT2D eigenvalue weighted by Crippen LogP contribution is -2.48. The Labute approximate surface area is 161 Å². The third kappa shape index (κ3) is 4.70. The van der Waals surface area contributed by atoms with Crippen molar-refractivity contribution in [2.24, 2.45) is 0 Å². The van der Waals surface area contributed by atoms with Gasteiger partial charge in [-0.15, -0.1) is 0 Å². The van der Waals surface area contributed by atoms with Gasteiger partial charge < -0.3 is 4.52 Å². The van der Waals surface area contributed by atoms with Crippen molar-refractivity contribution in [1.29, 1.82) is 0 Å². The van der Waals surface area contributed by atoms with Gasteiger partial charge in [-0.25, -0.2) is 8.42 Å². The summed E-state index contributed by atoms with van der Waals surface area (Å²) in [5.74, 6) is 1.14. The average Bonchev–Trinajstić information content (AvgIpc) is 3.09. The molecule has 2 aromatic rings. The summed E-state index contributed by atoms with van der Waals surface area (Å²) >= 11 is 0. The van der Waals surface area contributed by atoms with Crippen LogP contribution in [0.15, 0.2) is 33.7 Å². The zero-order chi connectivity index (χ0) is 20.4. The van der Waals surface area contributed by atoms with Gasteiger partial charge in [-0.3, -0.25) is 4.90 Å². The van der Waals surface area contributed by atoms with Crippen LogP contribution in [0.1, 0.15) is 30.6 Å². The van der Waals surface area contributed by atoms with Gasteiger partial charge in [0, 0.05) is 32.6 Å². The molecule has 154 valence electrons. The highest BCUT2D eigenvalue weighted by atomic mass is 32.2. The number of rotatable bonds is 6. The second-order valence-corrected chi connectivity index (χ2v) is 8.49. The first kappa shape index (κ1) is 20.7. The standard InChI is InChI=1S/C17H21F3N4O3S/c1-2-3-15-21-16(27-22-15)12-23-8-10-24(11-9-23)28(25,26)14-6-4-13(5-7-14)17(18,19)20/h4-7H,2-3,8-12H2,1H3. The van der Waals surface area contributed by atoms with Crippen LogP contribution in [-0.2, 0) is 29.2 Å². The van der Waals surface area contributed by atoms with Crippen LogP contribution in [0.4, 0.5) is 13.2 Å². The smallest absolute Gasteiger partial charge is 0.338 e. The average molecular weight is 418 g/mol. The van der Waals surface area contributed by atoms with Gasteiger partial charge in [-0.1, -0.05) is 12.1 Å². The van der Waals surface area contributed by atoms with Crippen molar-refractivity contribution < 1.29 is 26.1 Å². The Morgan fingerprint density at radius 2 is 1.75 bits per heavy atom. The van der Waals surface area contributed by atoms with E-state index in [4.69, 9.17) is 4.52 Å². The quantitative estimate of drug-likeness (QED) is 0.717. The molecular weight excluding hydrogens is 397 g/mol. The maximum atomic E-state index is 12.7. The Balaban J connectivity index is 1.60. The van der Waals surface area contributed by atoms with Crippen LogP contribution in [0.3, 0.4) is 0 Å². The number of nitrogens with zero attached hydrogens (tertiary/aromatic N) is 4. The van der Waals surface area contributed by atoms with Crippen molar-refractivity contribution in [3.8, 4) is 0 Å². The van der Waals surface area contributed by atoms with Gasteiger partial charge in [0.2, 0.25) is 15.9 Å². The maximum Gasteiger partial charge on any atom is 0.416 e. The number of piperazine rings is 1. The van der Waals surface area contributed by atoms with Gasteiger partial charge >= 0.3 is 6.18 Å². The molecule has 0 saturated carbocycles. The van der Waals surface area contributed by atoms with E-state index in [1.165, 1.54) is 4.31 Å². The van der Waals surface area contributed by atoms with Crippen LogP contribution >= 0.6 is 0 Å². The number of benzene rings is 1. The molecule has 1 fully saturated rings. The maximum absolute atomic E-state index is 12.7. The van der Waals surface area contributed by atoms with Crippen LogP contribution in [0.5, 0.6) is 0 Å². The van der Waals surface area contributed by atoms with Crippen LogP contribution in [0, 0.1) is 0 Å². The summed E-state index contributed by atoms with van der Waals surface area (Å²) in [4.78, 5) is 6.15. The number of alkyl halides is 3. The second kappa shape index (κ2) is 8.18. The van der Waals surface area contributed by atoms with Crippen molar-refractivity contribution in [1.82, 2.24) is 19.3 Å². The highest BCUT2D eigenvalue weighted by molar-refractivity contribution is 7.89. The Bertz CT molecular complexity index is 889. The highest BCUT2D eigenvalue weighted by Crippen LogP contribution is 2.30. The fraction of sp³-hybridized carbons (Fsp3) is 0.529. The minimum absolute atomic E-state index is 0.143. The number of hydrogen-bond donors (Lipinski definition) is 0. The summed E-state index contributed by atoms with van der Waals surface area (Å²) in [6.45, 7) is 3.85. The van der Waals surface area contributed by atoms with E-state index in [9.17, 15) is 21.6 Å². The molecule has 1 aromatic carbocycles. The summed E-state index contributed by atoms with van der Waals surface area (Å²) in [6.07, 6.45) is -2.85. The summed E-state index contributed by atoms with van der Waals surface area (Å²) < 4.78 is 69.8. The van der Waals surface area contributed by atoms with E-state index in [2.05, 4.69) is 10.1 Å². The lowest BCUT2D eigenvalue weighted by atomic mass is 10.2. The predicted octanol–water partition coefficient (Wildman–Crippen LogP) is 2.55. The molecule has 0 bridgehead atoms. The number of aryl methyl sites for hydroxylation is 1. The largest absolute Gasteiger partial charge is 0.416 e. The first-order chi connectivity index (χ1) is 13.2. The molecule has 0 unspecified atom stereocenters. The van der Waals surface area contributed by atoms with E-state index in [0.717, 1.165) is 37.1 Å². The molecule has 3 rings (SSSR count). The normalized spacial score (nSPS) is 17.1. The van der Waals surface area contributed by atoms with Gasteiger partial charge in [0.1, 0.15) is 0 Å². The SMILES string of the molecule is CCCc1noc(CN2CCN(S(=O)(=O)c3ccc(C(F)(F)F)cc3)CC2)n1. The molecule has 0 atom stereocenters. The molecule has 2 heterocycles. The molecule has 0 spiro atoms. The molecule has 11 heteroatoms. The van der Waals surface area contributed by atoms with E-state index in [-0.39, 0.29) is 18.0 Å². The first-order valence-electron chi connectivity index (χ1n) is 8.91. The molecule has 1 aliphatic rings. The van der Waals surface area contributed by atoms with E-state index in [0.29, 0.717) is 31.3 Å². The number of hydrogen-bond acceptors (Lipinski definition) is 6. The van der Waals surface area contributed by atoms with Crippen molar-refractivity contribution in [3.05, 3.63) is 41.5 Å². The number of halogens is 3. The van der Waals surface area contributed by atoms with Crippen molar-refractivity contribution in [2.75, 3.05) is 26.2 Å². The van der Waals surface area contributed by atoms with Gasteiger partial charge in [-0.05, 0) is 30.7 Å². The van der Waals surface area contributed by atoms with E-state index in [1.807, 2.05) is 11.8 Å². The van der Waals surface area contributed by atoms with Crippen LogP contribution in [0.2, 0.25) is 0 Å². The molecule has 1 aromatic heterocycles. The van der Waals surface area contributed by atoms with Crippen molar-refractivity contribution >= 4 is 10.0 Å². The summed E-state index contributed by atoms with van der Waals surface area (Å²) in [6, 6.07) is 3.57. The van der Waals surface area contributed by atoms with E-state index in [1.54, 1.807) is 0 Å². The summed E-state index contributed by atoms with van der Waals surface area (Å²) in [5, 5.41) is 3.89. The number of sulfonamides is 1. The Kier molecular flexibility index (Phi) is 6.06. The van der Waals surface area contributed by atoms with Crippen molar-refractivity contribution in [3.63, 3.8) is 0 Å². The molecule has 1 saturated heterocycles. The lowest BCUT2D eigenvalue weighted by molar-refractivity contribution is -0.137. The fourth-order valence-electron chi connectivity index (χ4n) is 2.96. The fourth-order valence-corrected chi connectivity index (χ4v) is 4.39. The van der Waals surface area contributed by atoms with Gasteiger partial charge in [-0.2, -0.15) is 22.5 Å². The summed E-state index contributed by atoms with van der Waals surface area (Å²) in [5.41, 5.74) is -0.877. The lowest BCUT2D eigenvalue weighted by Gasteiger charge is -2.33. The Hall–Kier alpha value is -1.98. The van der Waals surface area contributed by atoms with Crippen LogP contribution in [-0.4, -0.2) is 53.9 Å². The molecule has 0 amide bonds. The third-order valence-electron chi connectivity index (χ3n) is 4.49. The minimum Gasteiger partial charge on any atom is -0.338 e. The zero-order valence-corrected chi connectivity index (χ0v) is 16.1. The minimum atomic E-state index is -4.50. The van der Waals surface area contributed by atoms with E-state index >= 15 is 0 Å². The van der Waals surface area contributed by atoms with Gasteiger partial charge in [0.25, 0.3) is 0 Å². The summed E-state index contributed by atoms with van der Waals surface area (Å²) in [7, 11) is -3.84. The van der Waals surface area contributed by atoms with Crippen LogP contribution in [0.25, 0.3) is 0 Å². The second-order valence-electron chi connectivity index (χ2n) is 6.56. The molecule has 0 aliphatic carbocycles. The molecular formula is C17H21F3N4O3S. The number of aromatic nitrogens is 2. The topological polar surface area (TPSA) is 79.5 Å². The van der Waals surface area contributed by atoms with E-state index < -0.39 is 21.8 Å². The van der Waals surface area contributed by atoms with Crippen molar-refractivity contribution in [2.45, 2.75) is 37.4 Å². The Morgan fingerprint density at radius 3 is 2.32 bits per heavy atom. The molecule has 0 N–H and O–H groups in total. The molecule has 0 radical (unpaired) electrons. The third-order valence-corrected chi connectivity index (χ3v) is 6.41.